The topological polar surface area (TPSA) is 71.2 Å². The normalized spacial score (nSPS) is 15.5. The van der Waals surface area contributed by atoms with Crippen LogP contribution in [0.5, 0.6) is 0 Å². The van der Waals surface area contributed by atoms with Crippen molar-refractivity contribution in [2.45, 2.75) is 32.5 Å². The van der Waals surface area contributed by atoms with Crippen molar-refractivity contribution in [2.75, 3.05) is 51.0 Å². The summed E-state index contributed by atoms with van der Waals surface area (Å²) in [5.74, 6) is 3.20. The molecule has 1 aromatic carbocycles. The molecule has 1 fully saturated rings. The van der Waals surface area contributed by atoms with Gasteiger partial charge in [-0.15, -0.1) is 6.42 Å². The third-order valence-electron chi connectivity index (χ3n) is 5.15. The lowest BCUT2D eigenvalue weighted by molar-refractivity contribution is 0.0192. The highest BCUT2D eigenvalue weighted by molar-refractivity contribution is 5.68. The van der Waals surface area contributed by atoms with Crippen LogP contribution in [0, 0.1) is 12.3 Å². The highest BCUT2D eigenvalue weighted by atomic mass is 16.5. The first-order chi connectivity index (χ1) is 14.6. The van der Waals surface area contributed by atoms with Crippen molar-refractivity contribution in [3.8, 4) is 23.6 Å². The summed E-state index contributed by atoms with van der Waals surface area (Å²) >= 11 is 0. The number of morpholine rings is 1. The predicted molar refractivity (Wildman–Crippen MR) is 116 cm³/mol. The van der Waals surface area contributed by atoms with E-state index in [9.17, 15) is 5.11 Å². The quantitative estimate of drug-likeness (QED) is 0.474. The molecule has 0 amide bonds. The summed E-state index contributed by atoms with van der Waals surface area (Å²) in [6.07, 6.45) is 4.58. The third-order valence-corrected chi connectivity index (χ3v) is 5.15. The second-order valence-electron chi connectivity index (χ2n) is 7.68. The minimum Gasteiger partial charge on any atom is -0.389 e. The van der Waals surface area contributed by atoms with Crippen LogP contribution in [0.4, 0.5) is 5.88 Å². The van der Waals surface area contributed by atoms with Gasteiger partial charge in [-0.3, -0.25) is 4.90 Å². The number of ether oxygens (including phenoxy) is 2. The van der Waals surface area contributed by atoms with Gasteiger partial charge in [-0.25, -0.2) is 0 Å². The van der Waals surface area contributed by atoms with E-state index >= 15 is 0 Å². The number of aliphatic hydroxyl groups excluding tert-OH is 1. The van der Waals surface area contributed by atoms with Crippen LogP contribution in [0.1, 0.15) is 19.4 Å². The Morgan fingerprint density at radius 2 is 2.00 bits per heavy atom. The minimum atomic E-state index is -0.632. The van der Waals surface area contributed by atoms with Crippen LogP contribution in [0.3, 0.4) is 0 Å². The average Bonchev–Trinajstić information content (AvgIpc) is 3.18. The van der Waals surface area contributed by atoms with E-state index in [1.54, 1.807) is 0 Å². The Balaban J connectivity index is 1.85. The maximum Gasteiger partial charge on any atom is 0.232 e. The molecule has 2 aromatic rings. The van der Waals surface area contributed by atoms with Crippen molar-refractivity contribution in [2.24, 2.45) is 0 Å². The summed E-state index contributed by atoms with van der Waals surface area (Å²) < 4.78 is 16.6. The fourth-order valence-electron chi connectivity index (χ4n) is 3.52. The van der Waals surface area contributed by atoms with E-state index < -0.39 is 6.10 Å². The van der Waals surface area contributed by atoms with Crippen molar-refractivity contribution < 1.29 is 19.1 Å². The van der Waals surface area contributed by atoms with Crippen LogP contribution < -0.4 is 4.90 Å². The first-order valence-electron chi connectivity index (χ1n) is 10.4. The number of benzene rings is 1. The fraction of sp³-hybridized carbons (Fsp3) is 0.522. The number of aliphatic hydroxyl groups is 1. The van der Waals surface area contributed by atoms with Crippen LogP contribution in [0.15, 0.2) is 34.9 Å². The summed E-state index contributed by atoms with van der Waals surface area (Å²) in [5, 5.41) is 14.8. The SMILES string of the molecule is C#CCOC[C@@H](O)CN(Cc1c(-c2ccccc2)noc1N1CCOCC1)C(C)C. The van der Waals surface area contributed by atoms with Gasteiger partial charge in [0.25, 0.3) is 0 Å². The molecule has 1 aromatic heterocycles. The number of anilines is 1. The molecule has 1 aliphatic heterocycles. The Hall–Kier alpha value is -2.37. The van der Waals surface area contributed by atoms with Crippen molar-refractivity contribution in [3.05, 3.63) is 35.9 Å². The number of hydrogen-bond acceptors (Lipinski definition) is 7. The molecular formula is C23H31N3O4. The number of terminal acetylenes is 1. The molecule has 0 radical (unpaired) electrons. The van der Waals surface area contributed by atoms with E-state index in [0.717, 1.165) is 35.8 Å². The molecule has 7 heteroatoms. The zero-order valence-electron chi connectivity index (χ0n) is 17.8. The first kappa shape index (κ1) is 22.3. The zero-order valence-corrected chi connectivity index (χ0v) is 17.8. The molecule has 162 valence electrons. The largest absolute Gasteiger partial charge is 0.389 e. The molecule has 1 aliphatic rings. The molecule has 1 saturated heterocycles. The Bertz CT molecular complexity index is 810. The maximum atomic E-state index is 10.4. The van der Waals surface area contributed by atoms with E-state index in [1.807, 2.05) is 30.3 Å². The van der Waals surface area contributed by atoms with E-state index in [0.29, 0.717) is 26.3 Å². The van der Waals surface area contributed by atoms with Crippen LogP contribution in [0.25, 0.3) is 11.3 Å². The Morgan fingerprint density at radius 1 is 1.27 bits per heavy atom. The fourth-order valence-corrected chi connectivity index (χ4v) is 3.52. The molecule has 30 heavy (non-hydrogen) atoms. The first-order valence-corrected chi connectivity index (χ1v) is 10.4. The average molecular weight is 414 g/mol. The highest BCUT2D eigenvalue weighted by Gasteiger charge is 2.27. The Kier molecular flexibility index (Phi) is 8.29. The van der Waals surface area contributed by atoms with Gasteiger partial charge in [0.2, 0.25) is 5.88 Å². The van der Waals surface area contributed by atoms with Gasteiger partial charge in [0.1, 0.15) is 12.3 Å². The molecule has 0 spiro atoms. The summed E-state index contributed by atoms with van der Waals surface area (Å²) in [7, 11) is 0. The molecule has 2 heterocycles. The summed E-state index contributed by atoms with van der Waals surface area (Å²) in [6.45, 7) is 8.55. The number of aromatic nitrogens is 1. The smallest absolute Gasteiger partial charge is 0.232 e. The standard InChI is InChI=1S/C23H31N3O4/c1-4-12-29-17-20(27)15-26(18(2)3)16-21-22(19-8-6-5-7-9-19)24-30-23(21)25-10-13-28-14-11-25/h1,5-9,18,20,27H,10-17H2,2-3H3/t20-/m0/s1. The van der Waals surface area contributed by atoms with Crippen LogP contribution >= 0.6 is 0 Å². The summed E-state index contributed by atoms with van der Waals surface area (Å²) in [5.41, 5.74) is 2.87. The summed E-state index contributed by atoms with van der Waals surface area (Å²) in [6, 6.07) is 10.3. The second-order valence-corrected chi connectivity index (χ2v) is 7.68. The van der Waals surface area contributed by atoms with E-state index in [4.69, 9.17) is 20.4 Å². The Morgan fingerprint density at radius 3 is 2.67 bits per heavy atom. The van der Waals surface area contributed by atoms with Gasteiger partial charge in [0.15, 0.2) is 0 Å². The molecule has 7 nitrogen and oxygen atoms in total. The molecule has 0 bridgehead atoms. The second kappa shape index (κ2) is 11.1. The summed E-state index contributed by atoms with van der Waals surface area (Å²) in [4.78, 5) is 4.38. The van der Waals surface area contributed by atoms with Gasteiger partial charge in [0.05, 0.1) is 31.5 Å². The number of nitrogens with zero attached hydrogens (tertiary/aromatic N) is 3. The van der Waals surface area contributed by atoms with Crippen molar-refractivity contribution in [3.63, 3.8) is 0 Å². The van der Waals surface area contributed by atoms with Gasteiger partial charge in [-0.2, -0.15) is 0 Å². The molecule has 0 aliphatic carbocycles. The van der Waals surface area contributed by atoms with Gasteiger partial charge < -0.3 is 24.0 Å². The van der Waals surface area contributed by atoms with Gasteiger partial charge >= 0.3 is 0 Å². The predicted octanol–water partition coefficient (Wildman–Crippen LogP) is 2.40. The van der Waals surface area contributed by atoms with Gasteiger partial charge in [0, 0.05) is 37.8 Å². The molecule has 0 unspecified atom stereocenters. The zero-order chi connectivity index (χ0) is 21.3. The number of rotatable bonds is 10. The van der Waals surface area contributed by atoms with Crippen molar-refractivity contribution in [1.29, 1.82) is 0 Å². The van der Waals surface area contributed by atoms with Gasteiger partial charge in [-0.1, -0.05) is 41.4 Å². The molecule has 0 saturated carbocycles. The van der Waals surface area contributed by atoms with E-state index in [2.05, 4.69) is 34.7 Å². The van der Waals surface area contributed by atoms with Crippen molar-refractivity contribution >= 4 is 5.88 Å². The minimum absolute atomic E-state index is 0.198. The molecule has 1 atom stereocenters. The van der Waals surface area contributed by atoms with Crippen molar-refractivity contribution in [1.82, 2.24) is 10.1 Å². The lowest BCUT2D eigenvalue weighted by Crippen LogP contribution is -2.40. The molecular weight excluding hydrogens is 382 g/mol. The van der Waals surface area contributed by atoms with Crippen LogP contribution in [0.2, 0.25) is 0 Å². The lowest BCUT2D eigenvalue weighted by atomic mass is 10.1. The lowest BCUT2D eigenvalue weighted by Gasteiger charge is -2.31. The van der Waals surface area contributed by atoms with E-state index in [1.165, 1.54) is 0 Å². The third kappa shape index (κ3) is 5.83. The van der Waals surface area contributed by atoms with Crippen LogP contribution in [-0.2, 0) is 16.0 Å². The monoisotopic (exact) mass is 413 g/mol. The van der Waals surface area contributed by atoms with E-state index in [-0.39, 0.29) is 19.3 Å². The molecule has 1 N–H and O–H groups in total. The Labute approximate surface area is 178 Å². The van der Waals surface area contributed by atoms with Gasteiger partial charge in [-0.05, 0) is 13.8 Å². The highest BCUT2D eigenvalue weighted by Crippen LogP contribution is 2.33. The molecule has 3 rings (SSSR count). The maximum absolute atomic E-state index is 10.4. The van der Waals surface area contributed by atoms with Crippen LogP contribution in [-0.4, -0.2) is 73.4 Å². The number of hydrogen-bond donors (Lipinski definition) is 1.